The molecule has 1 aliphatic rings. The number of allylic oxidation sites excluding steroid dienone is 1. The molecule has 0 radical (unpaired) electrons. The summed E-state index contributed by atoms with van der Waals surface area (Å²) in [6.07, 6.45) is 2.55. The predicted octanol–water partition coefficient (Wildman–Crippen LogP) is 3.59. The van der Waals surface area contributed by atoms with Crippen molar-refractivity contribution in [2.75, 3.05) is 33.2 Å². The van der Waals surface area contributed by atoms with E-state index in [2.05, 4.69) is 0 Å². The van der Waals surface area contributed by atoms with Gasteiger partial charge in [-0.2, -0.15) is 0 Å². The predicted molar refractivity (Wildman–Crippen MR) is 96.3 cm³/mol. The number of ether oxygens (including phenoxy) is 2. The number of hydrogen-bond acceptors (Lipinski definition) is 4. The summed E-state index contributed by atoms with van der Waals surface area (Å²) in [5.41, 5.74) is 4.41. The molecule has 0 heterocycles. The van der Waals surface area contributed by atoms with Crippen LogP contribution in [-0.2, 0) is 6.42 Å². The van der Waals surface area contributed by atoms with Crippen LogP contribution in [-0.4, -0.2) is 34.1 Å². The lowest BCUT2D eigenvalue weighted by atomic mass is 10.1. The zero-order chi connectivity index (χ0) is 17.3. The van der Waals surface area contributed by atoms with Crippen molar-refractivity contribution in [2.45, 2.75) is 6.42 Å². The average Bonchev–Trinajstić information content (AvgIpc) is 2.90. The standard InChI is InChI=1S/C20H21NO3/c1-21(2)17-12-18(23-3)14(11-19(17)24-4)10-15-9-13-7-5-6-8-16(13)20(15)22/h5-8,10-12H,9H2,1-4H3/b15-10+. The molecular weight excluding hydrogens is 302 g/mol. The minimum Gasteiger partial charge on any atom is -0.496 e. The molecule has 0 unspecified atom stereocenters. The van der Waals surface area contributed by atoms with E-state index in [1.54, 1.807) is 14.2 Å². The minimum atomic E-state index is 0.0864. The highest BCUT2D eigenvalue weighted by atomic mass is 16.5. The molecule has 0 N–H and O–H groups in total. The third kappa shape index (κ3) is 2.75. The van der Waals surface area contributed by atoms with Gasteiger partial charge in [0, 0.05) is 43.3 Å². The van der Waals surface area contributed by atoms with Gasteiger partial charge in [-0.05, 0) is 17.7 Å². The molecular formula is C20H21NO3. The largest absolute Gasteiger partial charge is 0.496 e. The summed E-state index contributed by atoms with van der Waals surface area (Å²) in [7, 11) is 7.18. The number of carbonyl (C=O) groups excluding carboxylic acids is 1. The van der Waals surface area contributed by atoms with Crippen LogP contribution in [0, 0.1) is 0 Å². The van der Waals surface area contributed by atoms with E-state index in [4.69, 9.17) is 9.47 Å². The molecule has 0 aromatic heterocycles. The molecule has 124 valence electrons. The van der Waals surface area contributed by atoms with Crippen molar-refractivity contribution < 1.29 is 14.3 Å². The van der Waals surface area contributed by atoms with Gasteiger partial charge in [-0.3, -0.25) is 4.79 Å². The van der Waals surface area contributed by atoms with E-state index in [1.807, 2.05) is 61.5 Å². The lowest BCUT2D eigenvalue weighted by Crippen LogP contribution is -2.10. The van der Waals surface area contributed by atoms with Crippen LogP contribution in [0.15, 0.2) is 42.0 Å². The molecule has 0 atom stereocenters. The Morgan fingerprint density at radius 3 is 2.38 bits per heavy atom. The first-order chi connectivity index (χ1) is 11.5. The number of anilines is 1. The number of benzene rings is 2. The maximum Gasteiger partial charge on any atom is 0.189 e. The highest BCUT2D eigenvalue weighted by Gasteiger charge is 2.24. The topological polar surface area (TPSA) is 38.8 Å². The number of fused-ring (bicyclic) bond motifs is 1. The smallest absolute Gasteiger partial charge is 0.189 e. The van der Waals surface area contributed by atoms with Gasteiger partial charge in [-0.25, -0.2) is 0 Å². The number of nitrogens with zero attached hydrogens (tertiary/aromatic N) is 1. The quantitative estimate of drug-likeness (QED) is 0.806. The lowest BCUT2D eigenvalue weighted by molar-refractivity contribution is 0.104. The fourth-order valence-corrected chi connectivity index (χ4v) is 3.03. The maximum atomic E-state index is 12.6. The fraction of sp³-hybridized carbons (Fsp3) is 0.250. The maximum absolute atomic E-state index is 12.6. The van der Waals surface area contributed by atoms with E-state index in [0.29, 0.717) is 6.42 Å². The molecule has 0 saturated heterocycles. The van der Waals surface area contributed by atoms with Crippen molar-refractivity contribution >= 4 is 17.5 Å². The number of rotatable bonds is 4. The van der Waals surface area contributed by atoms with Gasteiger partial charge in [0.1, 0.15) is 11.5 Å². The second-order valence-electron chi connectivity index (χ2n) is 5.99. The number of hydrogen-bond donors (Lipinski definition) is 0. The SMILES string of the molecule is COc1cc(N(C)C)c(OC)cc1/C=C1\Cc2ccccc2C1=O. The van der Waals surface area contributed by atoms with Gasteiger partial charge in [0.25, 0.3) is 0 Å². The van der Waals surface area contributed by atoms with Crippen molar-refractivity contribution in [2.24, 2.45) is 0 Å². The molecule has 0 spiro atoms. The molecule has 1 aliphatic carbocycles. The summed E-state index contributed by atoms with van der Waals surface area (Å²) in [6.45, 7) is 0. The number of methoxy groups -OCH3 is 2. The molecule has 24 heavy (non-hydrogen) atoms. The van der Waals surface area contributed by atoms with Crippen LogP contribution < -0.4 is 14.4 Å². The fourth-order valence-electron chi connectivity index (χ4n) is 3.03. The Hall–Kier alpha value is -2.75. The Kier molecular flexibility index (Phi) is 4.30. The normalized spacial score (nSPS) is 14.7. The molecule has 0 fully saturated rings. The van der Waals surface area contributed by atoms with Crippen molar-refractivity contribution in [3.05, 3.63) is 58.7 Å². The van der Waals surface area contributed by atoms with Gasteiger partial charge in [0.2, 0.25) is 0 Å². The van der Waals surface area contributed by atoms with Crippen LogP contribution in [0.25, 0.3) is 6.08 Å². The number of ketones is 1. The van der Waals surface area contributed by atoms with Gasteiger partial charge in [-0.15, -0.1) is 0 Å². The second kappa shape index (κ2) is 6.40. The summed E-state index contributed by atoms with van der Waals surface area (Å²) in [5, 5.41) is 0. The molecule has 0 aliphatic heterocycles. The first kappa shape index (κ1) is 16.1. The van der Waals surface area contributed by atoms with Gasteiger partial charge in [0.05, 0.1) is 19.9 Å². The highest BCUT2D eigenvalue weighted by molar-refractivity contribution is 6.15. The summed E-state index contributed by atoms with van der Waals surface area (Å²) >= 11 is 0. The minimum absolute atomic E-state index is 0.0864. The first-order valence-corrected chi connectivity index (χ1v) is 7.81. The van der Waals surface area contributed by atoms with Crippen LogP contribution in [0.3, 0.4) is 0 Å². The summed E-state index contributed by atoms with van der Waals surface area (Å²) < 4.78 is 11.0. The monoisotopic (exact) mass is 323 g/mol. The molecule has 2 aromatic carbocycles. The van der Waals surface area contributed by atoms with Crippen LogP contribution in [0.4, 0.5) is 5.69 Å². The lowest BCUT2D eigenvalue weighted by Gasteiger charge is -2.19. The average molecular weight is 323 g/mol. The molecule has 4 heteroatoms. The van der Waals surface area contributed by atoms with Crippen molar-refractivity contribution in [3.63, 3.8) is 0 Å². The van der Waals surface area contributed by atoms with Gasteiger partial charge < -0.3 is 14.4 Å². The van der Waals surface area contributed by atoms with Crippen LogP contribution in [0.5, 0.6) is 11.5 Å². The zero-order valence-corrected chi connectivity index (χ0v) is 14.4. The summed E-state index contributed by atoms with van der Waals surface area (Å²) in [4.78, 5) is 14.5. The van der Waals surface area contributed by atoms with E-state index >= 15 is 0 Å². The zero-order valence-electron chi connectivity index (χ0n) is 14.4. The van der Waals surface area contributed by atoms with Crippen LogP contribution >= 0.6 is 0 Å². The van der Waals surface area contributed by atoms with Crippen molar-refractivity contribution in [1.82, 2.24) is 0 Å². The summed E-state index contributed by atoms with van der Waals surface area (Å²) in [6, 6.07) is 11.6. The molecule has 3 rings (SSSR count). The van der Waals surface area contributed by atoms with Gasteiger partial charge in [0.15, 0.2) is 5.78 Å². The molecule has 0 amide bonds. The number of carbonyl (C=O) groups is 1. The van der Waals surface area contributed by atoms with E-state index in [1.165, 1.54) is 0 Å². The van der Waals surface area contributed by atoms with Crippen LogP contribution in [0.2, 0.25) is 0 Å². The second-order valence-corrected chi connectivity index (χ2v) is 5.99. The summed E-state index contributed by atoms with van der Waals surface area (Å²) in [5.74, 6) is 1.55. The van der Waals surface area contributed by atoms with Gasteiger partial charge in [-0.1, -0.05) is 24.3 Å². The van der Waals surface area contributed by atoms with E-state index in [0.717, 1.165) is 39.4 Å². The highest BCUT2D eigenvalue weighted by Crippen LogP contribution is 2.37. The van der Waals surface area contributed by atoms with E-state index in [9.17, 15) is 4.79 Å². The molecule has 0 saturated carbocycles. The van der Waals surface area contributed by atoms with Crippen molar-refractivity contribution in [1.29, 1.82) is 0 Å². The molecule has 2 aromatic rings. The Balaban J connectivity index is 2.06. The third-order valence-corrected chi connectivity index (χ3v) is 4.28. The van der Waals surface area contributed by atoms with Gasteiger partial charge >= 0.3 is 0 Å². The van der Waals surface area contributed by atoms with E-state index in [-0.39, 0.29) is 5.78 Å². The van der Waals surface area contributed by atoms with Crippen LogP contribution in [0.1, 0.15) is 21.5 Å². The Morgan fingerprint density at radius 1 is 1.04 bits per heavy atom. The Morgan fingerprint density at radius 2 is 1.75 bits per heavy atom. The van der Waals surface area contributed by atoms with E-state index < -0.39 is 0 Å². The third-order valence-electron chi connectivity index (χ3n) is 4.28. The Labute approximate surface area is 142 Å². The first-order valence-electron chi connectivity index (χ1n) is 7.81. The molecule has 4 nitrogen and oxygen atoms in total. The van der Waals surface area contributed by atoms with Crippen molar-refractivity contribution in [3.8, 4) is 11.5 Å². The number of Topliss-reactive ketones (excluding diaryl/α,β-unsaturated/α-hetero) is 1. The molecule has 0 bridgehead atoms. The Bertz CT molecular complexity index is 822.